The number of aliphatic hydroxyl groups excluding tert-OH is 1. The van der Waals surface area contributed by atoms with Gasteiger partial charge in [-0.1, -0.05) is 38.1 Å². The number of anilines is 1. The van der Waals surface area contributed by atoms with Gasteiger partial charge in [0.05, 0.1) is 5.69 Å². The van der Waals surface area contributed by atoms with Crippen LogP contribution in [0.3, 0.4) is 0 Å². The summed E-state index contributed by atoms with van der Waals surface area (Å²) in [7, 11) is 0. The molecule has 0 saturated carbocycles. The van der Waals surface area contributed by atoms with Crippen LogP contribution < -0.4 is 9.64 Å². The predicted octanol–water partition coefficient (Wildman–Crippen LogP) is 6.50. The lowest BCUT2D eigenvalue weighted by atomic mass is 9.86. The van der Waals surface area contributed by atoms with Crippen LogP contribution in [0.1, 0.15) is 93.9 Å². The summed E-state index contributed by atoms with van der Waals surface area (Å²) in [6, 6.07) is 7.98. The minimum atomic E-state index is -1.01. The van der Waals surface area contributed by atoms with E-state index in [2.05, 4.69) is 13.8 Å². The van der Waals surface area contributed by atoms with Crippen molar-refractivity contribution < 1.29 is 19.7 Å². The molecule has 2 aromatic carbocycles. The van der Waals surface area contributed by atoms with Crippen LogP contribution in [0.25, 0.3) is 0 Å². The fraction of sp³-hybridized carbons (Fsp3) is 0.519. The number of carbonyl (C=O) groups is 1. The Hall–Kier alpha value is -2.53. The fourth-order valence-corrected chi connectivity index (χ4v) is 4.73. The Labute approximate surface area is 192 Å². The fourth-order valence-electron chi connectivity index (χ4n) is 4.73. The van der Waals surface area contributed by atoms with E-state index in [-0.39, 0.29) is 0 Å². The smallest absolute Gasteiger partial charge is 0.412 e. The van der Waals surface area contributed by atoms with E-state index in [9.17, 15) is 15.0 Å². The van der Waals surface area contributed by atoms with Gasteiger partial charge in [0.2, 0.25) is 0 Å². The summed E-state index contributed by atoms with van der Waals surface area (Å²) in [5.74, 6) is 1.09. The van der Waals surface area contributed by atoms with Crippen LogP contribution in [-0.4, -0.2) is 27.4 Å². The molecule has 2 N–H and O–H groups in total. The lowest BCUT2D eigenvalue weighted by Crippen LogP contribution is -2.46. The van der Waals surface area contributed by atoms with Gasteiger partial charge in [-0.3, -0.25) is 4.90 Å². The Morgan fingerprint density at radius 2 is 1.59 bits per heavy atom. The molecule has 0 saturated heterocycles. The second-order valence-corrected chi connectivity index (χ2v) is 10.9. The molecule has 0 radical (unpaired) electrons. The number of ether oxygens (including phenoxy) is 1. The van der Waals surface area contributed by atoms with Crippen LogP contribution >= 0.6 is 0 Å². The summed E-state index contributed by atoms with van der Waals surface area (Å²) in [6.45, 7) is 17.8. The van der Waals surface area contributed by atoms with Crippen molar-refractivity contribution in [3.8, 4) is 5.75 Å². The molecule has 0 bridgehead atoms. The SMILES string of the molecule is Cc1c2c(c(C(O)c3ccc(C(C)C)cc3)c(C)c1N(C(=O)O)C(C)(C)C)OC(C)(C)C2. The third kappa shape index (κ3) is 4.23. The molecule has 1 amide bonds. The van der Waals surface area contributed by atoms with Gasteiger partial charge in [0.25, 0.3) is 0 Å². The van der Waals surface area contributed by atoms with E-state index < -0.39 is 23.3 Å². The van der Waals surface area contributed by atoms with Gasteiger partial charge in [0.15, 0.2) is 0 Å². The van der Waals surface area contributed by atoms with Crippen LogP contribution in [0, 0.1) is 13.8 Å². The van der Waals surface area contributed by atoms with Gasteiger partial charge in [-0.25, -0.2) is 4.79 Å². The Kier molecular flexibility index (Phi) is 6.11. The Morgan fingerprint density at radius 3 is 2.06 bits per heavy atom. The van der Waals surface area contributed by atoms with Crippen molar-refractivity contribution in [3.63, 3.8) is 0 Å². The molecular weight excluding hydrogens is 402 g/mol. The van der Waals surface area contributed by atoms with Crippen molar-refractivity contribution in [2.75, 3.05) is 4.90 Å². The number of rotatable bonds is 4. The van der Waals surface area contributed by atoms with Crippen molar-refractivity contribution in [1.29, 1.82) is 0 Å². The lowest BCUT2D eigenvalue weighted by Gasteiger charge is -2.37. The van der Waals surface area contributed by atoms with Gasteiger partial charge in [-0.2, -0.15) is 0 Å². The summed E-state index contributed by atoms with van der Waals surface area (Å²) in [4.78, 5) is 13.8. The van der Waals surface area contributed by atoms with E-state index in [4.69, 9.17) is 4.74 Å². The largest absolute Gasteiger partial charge is 0.487 e. The maximum Gasteiger partial charge on any atom is 0.412 e. The number of benzene rings is 2. The van der Waals surface area contributed by atoms with Crippen molar-refractivity contribution in [2.24, 2.45) is 0 Å². The third-order valence-corrected chi connectivity index (χ3v) is 6.34. The minimum Gasteiger partial charge on any atom is -0.487 e. The second-order valence-electron chi connectivity index (χ2n) is 10.9. The molecule has 1 heterocycles. The zero-order chi connectivity index (χ0) is 24.2. The van der Waals surface area contributed by atoms with Crippen molar-refractivity contribution in [2.45, 2.75) is 91.9 Å². The first-order valence-electron chi connectivity index (χ1n) is 11.3. The lowest BCUT2D eigenvalue weighted by molar-refractivity contribution is 0.131. The molecule has 1 atom stereocenters. The molecular formula is C27H37NO4. The standard InChI is InChI=1S/C27H37NO4/c1-15(2)18-10-12-19(13-11-18)23(29)21-17(4)22(28(25(30)31)26(5,6)7)16(3)20-14-27(8,9)32-24(20)21/h10-13,15,23,29H,14H2,1-9H3,(H,30,31). The molecule has 5 heteroatoms. The predicted molar refractivity (Wildman–Crippen MR) is 129 cm³/mol. The molecule has 5 nitrogen and oxygen atoms in total. The number of fused-ring (bicyclic) bond motifs is 1. The molecule has 1 aliphatic rings. The van der Waals surface area contributed by atoms with Gasteiger partial charge in [0, 0.05) is 23.1 Å². The zero-order valence-corrected chi connectivity index (χ0v) is 20.8. The maximum atomic E-state index is 12.4. The monoisotopic (exact) mass is 439 g/mol. The molecule has 0 spiro atoms. The first kappa shape index (κ1) is 24.1. The highest BCUT2D eigenvalue weighted by molar-refractivity contribution is 5.91. The highest BCUT2D eigenvalue weighted by Gasteiger charge is 2.40. The first-order chi connectivity index (χ1) is 14.7. The number of carboxylic acid groups (broad SMARTS) is 1. The van der Waals surface area contributed by atoms with Crippen molar-refractivity contribution in [3.05, 3.63) is 57.6 Å². The number of amides is 1. The van der Waals surface area contributed by atoms with Crippen LogP contribution in [0.2, 0.25) is 0 Å². The average Bonchev–Trinajstić information content (AvgIpc) is 2.98. The molecule has 2 aromatic rings. The van der Waals surface area contributed by atoms with Crippen molar-refractivity contribution >= 4 is 11.8 Å². The van der Waals surface area contributed by atoms with E-state index in [1.165, 1.54) is 10.5 Å². The summed E-state index contributed by atoms with van der Waals surface area (Å²) < 4.78 is 6.35. The Morgan fingerprint density at radius 1 is 1.06 bits per heavy atom. The van der Waals surface area contributed by atoms with Gasteiger partial charge in [-0.15, -0.1) is 0 Å². The number of hydrogen-bond acceptors (Lipinski definition) is 3. The van der Waals surface area contributed by atoms with Crippen molar-refractivity contribution in [1.82, 2.24) is 0 Å². The van der Waals surface area contributed by atoms with E-state index in [1.54, 1.807) is 0 Å². The van der Waals surface area contributed by atoms with Gasteiger partial charge >= 0.3 is 6.09 Å². The highest BCUT2D eigenvalue weighted by atomic mass is 16.5. The number of nitrogens with zero attached hydrogens (tertiary/aromatic N) is 1. The number of aliphatic hydroxyl groups is 1. The van der Waals surface area contributed by atoms with E-state index in [0.29, 0.717) is 29.3 Å². The normalized spacial score (nSPS) is 16.0. The highest BCUT2D eigenvalue weighted by Crippen LogP contribution is 2.49. The first-order valence-corrected chi connectivity index (χ1v) is 11.3. The minimum absolute atomic E-state index is 0.401. The van der Waals surface area contributed by atoms with Crippen LogP contribution in [0.4, 0.5) is 10.5 Å². The summed E-state index contributed by atoms with van der Waals surface area (Å²) in [5.41, 5.74) is 4.78. The van der Waals surface area contributed by atoms with Gasteiger partial charge in [0.1, 0.15) is 17.5 Å². The second kappa shape index (κ2) is 8.11. The van der Waals surface area contributed by atoms with Crippen LogP contribution in [0.5, 0.6) is 5.75 Å². The average molecular weight is 440 g/mol. The zero-order valence-electron chi connectivity index (χ0n) is 20.8. The Bertz CT molecular complexity index is 1030. The van der Waals surface area contributed by atoms with E-state index in [0.717, 1.165) is 22.3 Å². The molecule has 1 aliphatic heterocycles. The molecule has 0 fully saturated rings. The topological polar surface area (TPSA) is 70.0 Å². The third-order valence-electron chi connectivity index (χ3n) is 6.34. The molecule has 0 aromatic heterocycles. The van der Waals surface area contributed by atoms with Gasteiger partial charge < -0.3 is 14.9 Å². The van der Waals surface area contributed by atoms with Crippen LogP contribution in [0.15, 0.2) is 24.3 Å². The summed E-state index contributed by atoms with van der Waals surface area (Å²) in [6.07, 6.45) is -1.28. The number of hydrogen-bond donors (Lipinski definition) is 2. The van der Waals surface area contributed by atoms with Gasteiger partial charge in [-0.05, 0) is 76.6 Å². The molecule has 174 valence electrons. The van der Waals surface area contributed by atoms with E-state index >= 15 is 0 Å². The summed E-state index contributed by atoms with van der Waals surface area (Å²) >= 11 is 0. The van der Waals surface area contributed by atoms with Crippen LogP contribution in [-0.2, 0) is 6.42 Å². The maximum absolute atomic E-state index is 12.4. The molecule has 3 rings (SSSR count). The quantitative estimate of drug-likeness (QED) is 0.570. The molecule has 0 aliphatic carbocycles. The molecule has 1 unspecified atom stereocenters. The van der Waals surface area contributed by atoms with E-state index in [1.807, 2.05) is 72.7 Å². The molecule has 32 heavy (non-hydrogen) atoms. The summed E-state index contributed by atoms with van der Waals surface area (Å²) in [5, 5.41) is 21.7. The Balaban J connectivity index is 2.28.